The van der Waals surface area contributed by atoms with E-state index in [1.807, 2.05) is 13.8 Å². The van der Waals surface area contributed by atoms with E-state index in [4.69, 9.17) is 9.94 Å². The summed E-state index contributed by atoms with van der Waals surface area (Å²) in [4.78, 5) is 11.0. The summed E-state index contributed by atoms with van der Waals surface area (Å²) >= 11 is 0. The molecule has 0 saturated carbocycles. The lowest BCUT2D eigenvalue weighted by molar-refractivity contribution is 0.0706. The lowest BCUT2D eigenvalue weighted by Crippen LogP contribution is -2.18. The zero-order chi connectivity index (χ0) is 26.2. The van der Waals surface area contributed by atoms with Gasteiger partial charge in [-0.25, -0.2) is 5.48 Å². The van der Waals surface area contributed by atoms with Crippen LogP contribution in [0.3, 0.4) is 0 Å². The number of unbranched alkanes of at least 4 members (excludes halogenated alkanes) is 4. The second-order valence-electron chi connectivity index (χ2n) is 8.46. The molecule has 5 nitrogen and oxygen atoms in total. The Kier molecular flexibility index (Phi) is 23.6. The molecule has 0 bridgehead atoms. The molecule has 2 aromatic rings. The Morgan fingerprint density at radius 1 is 0.853 bits per heavy atom. The number of hydrogen-bond acceptors (Lipinski definition) is 4. The molecule has 1 amide bonds. The Bertz CT molecular complexity index is 687. The molecule has 2 aromatic carbocycles. The number of nitrogens with one attached hydrogen (secondary N) is 2. The number of hydrogen-bond donors (Lipinski definition) is 3. The van der Waals surface area contributed by atoms with Crippen molar-refractivity contribution in [2.75, 3.05) is 19.0 Å². The number of methoxy groups -OCH3 is 1. The number of hydroxylamine groups is 1. The van der Waals surface area contributed by atoms with Gasteiger partial charge < -0.3 is 10.1 Å². The van der Waals surface area contributed by atoms with Crippen LogP contribution in [0.1, 0.15) is 94.6 Å². The van der Waals surface area contributed by atoms with Crippen LogP contribution >= 0.6 is 0 Å². The van der Waals surface area contributed by atoms with Gasteiger partial charge in [0.15, 0.2) is 0 Å². The molecule has 0 fully saturated rings. The maximum atomic E-state index is 11.0. The van der Waals surface area contributed by atoms with Gasteiger partial charge in [0.2, 0.25) is 0 Å². The van der Waals surface area contributed by atoms with Gasteiger partial charge in [-0.2, -0.15) is 0 Å². The first kappa shape index (κ1) is 33.8. The van der Waals surface area contributed by atoms with E-state index in [2.05, 4.69) is 64.2 Å². The van der Waals surface area contributed by atoms with Gasteiger partial charge in [-0.1, -0.05) is 77.1 Å². The largest absolute Gasteiger partial charge is 0.385 e. The predicted octanol–water partition coefficient (Wildman–Crippen LogP) is 7.95. The highest BCUT2D eigenvalue weighted by molar-refractivity contribution is 5.93. The van der Waals surface area contributed by atoms with Crippen molar-refractivity contribution in [1.82, 2.24) is 5.48 Å². The quantitative estimate of drug-likeness (QED) is 0.196. The van der Waals surface area contributed by atoms with Crippen LogP contribution in [-0.4, -0.2) is 30.9 Å². The van der Waals surface area contributed by atoms with Crippen LogP contribution < -0.4 is 10.8 Å². The lowest BCUT2D eigenvalue weighted by atomic mass is 10.1. The molecule has 34 heavy (non-hydrogen) atoms. The van der Waals surface area contributed by atoms with Crippen LogP contribution in [0, 0.1) is 13.8 Å². The van der Waals surface area contributed by atoms with E-state index in [1.54, 1.807) is 36.9 Å². The van der Waals surface area contributed by atoms with E-state index in [0.29, 0.717) is 11.6 Å². The third kappa shape index (κ3) is 20.3. The fourth-order valence-electron chi connectivity index (χ4n) is 2.45. The molecule has 0 aliphatic rings. The molecular weight excluding hydrogens is 424 g/mol. The van der Waals surface area contributed by atoms with Gasteiger partial charge in [0.25, 0.3) is 5.91 Å². The van der Waals surface area contributed by atoms with Gasteiger partial charge in [0.05, 0.1) is 0 Å². The Hall–Kier alpha value is -2.37. The lowest BCUT2D eigenvalue weighted by Gasteiger charge is -2.09. The summed E-state index contributed by atoms with van der Waals surface area (Å²) in [6.45, 7) is 15.8. The van der Waals surface area contributed by atoms with Gasteiger partial charge in [0.1, 0.15) is 0 Å². The zero-order valence-corrected chi connectivity index (χ0v) is 22.9. The van der Waals surface area contributed by atoms with Crippen molar-refractivity contribution in [2.24, 2.45) is 0 Å². The summed E-state index contributed by atoms with van der Waals surface area (Å²) in [5.41, 5.74) is 5.70. The van der Waals surface area contributed by atoms with Gasteiger partial charge in [-0.05, 0) is 69.5 Å². The van der Waals surface area contributed by atoms with Crippen LogP contribution in [0.4, 0.5) is 5.69 Å². The number of rotatable bonds is 9. The molecule has 0 aliphatic heterocycles. The molecule has 0 atom stereocenters. The number of aryl methyl sites for hydroxylation is 2. The summed E-state index contributed by atoms with van der Waals surface area (Å²) in [5, 5.41) is 11.6. The second kappa shape index (κ2) is 23.8. The van der Waals surface area contributed by atoms with Gasteiger partial charge in [-0.3, -0.25) is 10.0 Å². The molecule has 0 heterocycles. The van der Waals surface area contributed by atoms with Crippen molar-refractivity contribution in [3.8, 4) is 0 Å². The van der Waals surface area contributed by atoms with Crippen molar-refractivity contribution in [2.45, 2.75) is 93.0 Å². The molecule has 0 saturated heterocycles. The predicted molar refractivity (Wildman–Crippen MR) is 147 cm³/mol. The highest BCUT2D eigenvalue weighted by Gasteiger charge is 2.03. The van der Waals surface area contributed by atoms with Gasteiger partial charge in [0, 0.05) is 31.0 Å². The average molecular weight is 475 g/mol. The molecule has 5 heteroatoms. The SMILES string of the molecule is CC(C)Nc1ccc(C(=O)NO)cc1.CCCC.CCCCCCOC.Cc1ccccc1C. The number of ether oxygens (including phenoxy) is 1. The van der Waals surface area contributed by atoms with Crippen molar-refractivity contribution < 1.29 is 14.7 Å². The summed E-state index contributed by atoms with van der Waals surface area (Å²) in [7, 11) is 1.76. The molecular formula is C29H50N2O3. The summed E-state index contributed by atoms with van der Waals surface area (Å²) < 4.78 is 4.89. The Morgan fingerprint density at radius 3 is 1.74 bits per heavy atom. The minimum Gasteiger partial charge on any atom is -0.385 e. The van der Waals surface area contributed by atoms with Crippen LogP contribution in [0.5, 0.6) is 0 Å². The van der Waals surface area contributed by atoms with E-state index in [-0.39, 0.29) is 0 Å². The zero-order valence-electron chi connectivity index (χ0n) is 22.9. The summed E-state index contributed by atoms with van der Waals surface area (Å²) in [5.74, 6) is -0.499. The molecule has 0 unspecified atom stereocenters. The number of anilines is 1. The third-order valence-corrected chi connectivity index (χ3v) is 4.83. The van der Waals surface area contributed by atoms with Crippen LogP contribution in [0.15, 0.2) is 48.5 Å². The van der Waals surface area contributed by atoms with Crippen LogP contribution in [0.2, 0.25) is 0 Å². The maximum absolute atomic E-state index is 11.0. The highest BCUT2D eigenvalue weighted by atomic mass is 16.5. The average Bonchev–Trinajstić information content (AvgIpc) is 2.84. The van der Waals surface area contributed by atoms with Crippen LogP contribution in [0.25, 0.3) is 0 Å². The van der Waals surface area contributed by atoms with E-state index >= 15 is 0 Å². The van der Waals surface area contributed by atoms with Crippen molar-refractivity contribution in [3.05, 3.63) is 65.2 Å². The number of amides is 1. The Morgan fingerprint density at radius 2 is 1.38 bits per heavy atom. The topological polar surface area (TPSA) is 70.6 Å². The molecule has 2 rings (SSSR count). The molecule has 194 valence electrons. The van der Waals surface area contributed by atoms with Crippen LogP contribution in [-0.2, 0) is 4.74 Å². The Labute approximate surface area is 209 Å². The van der Waals surface area contributed by atoms with Crippen molar-refractivity contribution in [1.29, 1.82) is 0 Å². The van der Waals surface area contributed by atoms with Crippen molar-refractivity contribution in [3.63, 3.8) is 0 Å². The number of carbonyl (C=O) groups is 1. The normalized spacial score (nSPS) is 9.47. The highest BCUT2D eigenvalue weighted by Crippen LogP contribution is 2.10. The van der Waals surface area contributed by atoms with Gasteiger partial charge >= 0.3 is 0 Å². The molecule has 3 N–H and O–H groups in total. The summed E-state index contributed by atoms with van der Waals surface area (Å²) in [6.07, 6.45) is 7.85. The molecule has 0 radical (unpaired) electrons. The molecule has 0 aromatic heterocycles. The number of carbonyl (C=O) groups excluding carboxylic acids is 1. The first-order valence-corrected chi connectivity index (χ1v) is 12.6. The maximum Gasteiger partial charge on any atom is 0.274 e. The summed E-state index contributed by atoms with van der Waals surface area (Å²) in [6, 6.07) is 15.6. The Balaban J connectivity index is 0. The van der Waals surface area contributed by atoms with Gasteiger partial charge in [-0.15, -0.1) is 0 Å². The van der Waals surface area contributed by atoms with E-state index in [9.17, 15) is 4.79 Å². The standard InChI is InChI=1S/C10H14N2O2.C8H10.C7H16O.C4H10/c1-7(2)11-9-5-3-8(4-6-9)10(13)12-14;1-7-5-3-4-6-8(7)2;1-3-4-5-6-7-8-2;1-3-4-2/h3-7,11,14H,1-2H3,(H,12,13);3-6H,1-2H3;3-7H2,1-2H3;3-4H2,1-2H3. The van der Waals surface area contributed by atoms with E-state index in [1.165, 1.54) is 49.7 Å². The minimum absolute atomic E-state index is 0.354. The smallest absolute Gasteiger partial charge is 0.274 e. The third-order valence-electron chi connectivity index (χ3n) is 4.83. The number of benzene rings is 2. The fourth-order valence-corrected chi connectivity index (χ4v) is 2.45. The van der Waals surface area contributed by atoms with Crippen molar-refractivity contribution >= 4 is 11.6 Å². The molecule has 0 spiro atoms. The van der Waals surface area contributed by atoms with E-state index in [0.717, 1.165) is 12.3 Å². The minimum atomic E-state index is -0.499. The first-order valence-electron chi connectivity index (χ1n) is 12.6. The monoisotopic (exact) mass is 474 g/mol. The first-order chi connectivity index (χ1) is 16.3. The van der Waals surface area contributed by atoms with E-state index < -0.39 is 5.91 Å². The molecule has 0 aliphatic carbocycles. The fraction of sp³-hybridized carbons (Fsp3) is 0.552. The second-order valence-corrected chi connectivity index (χ2v) is 8.46.